The molecule has 15 heavy (non-hydrogen) atoms. The Balaban J connectivity index is 2.34. The van der Waals surface area contributed by atoms with Crippen LogP contribution in [-0.4, -0.2) is 18.5 Å². The summed E-state index contributed by atoms with van der Waals surface area (Å²) < 4.78 is 13.1. The van der Waals surface area contributed by atoms with E-state index in [1.54, 1.807) is 0 Å². The van der Waals surface area contributed by atoms with E-state index in [1.807, 2.05) is 0 Å². The van der Waals surface area contributed by atoms with Gasteiger partial charge < -0.3 is 0 Å². The van der Waals surface area contributed by atoms with Crippen LogP contribution >= 0.6 is 11.6 Å². The van der Waals surface area contributed by atoms with Crippen molar-refractivity contribution in [2.75, 3.05) is 11.4 Å². The summed E-state index contributed by atoms with van der Waals surface area (Å²) in [6.07, 6.45) is 0. The summed E-state index contributed by atoms with van der Waals surface area (Å²) in [5, 5.41) is 2.07. The first-order chi connectivity index (χ1) is 7.08. The van der Waals surface area contributed by atoms with E-state index < -0.39 is 17.8 Å². The number of halogens is 2. The van der Waals surface area contributed by atoms with Gasteiger partial charge in [0.1, 0.15) is 12.4 Å². The number of benzene rings is 1. The normalized spacial score (nSPS) is 15.7. The standard InChI is InChI=1S/C9H6ClFN2O2/c10-6-2-1-5(3-7(6)11)13-4-8(14)12-9(13)15/h1-3H,4H2,(H,12,14,15). The number of imide groups is 1. The molecule has 1 fully saturated rings. The van der Waals surface area contributed by atoms with Crippen LogP contribution in [0.5, 0.6) is 0 Å². The van der Waals surface area contributed by atoms with E-state index in [2.05, 4.69) is 5.32 Å². The number of nitrogens with zero attached hydrogens (tertiary/aromatic N) is 1. The molecule has 2 rings (SSSR count). The zero-order valence-electron chi connectivity index (χ0n) is 7.46. The van der Waals surface area contributed by atoms with Crippen LogP contribution in [0.1, 0.15) is 0 Å². The lowest BCUT2D eigenvalue weighted by atomic mass is 10.3. The van der Waals surface area contributed by atoms with E-state index >= 15 is 0 Å². The average molecular weight is 229 g/mol. The van der Waals surface area contributed by atoms with Crippen LogP contribution in [0.15, 0.2) is 18.2 Å². The summed E-state index contributed by atoms with van der Waals surface area (Å²) in [5.74, 6) is -1.03. The molecular formula is C9H6ClFN2O2. The lowest BCUT2D eigenvalue weighted by Crippen LogP contribution is -2.27. The summed E-state index contributed by atoms with van der Waals surface area (Å²) in [6.45, 7) is -0.0973. The van der Waals surface area contributed by atoms with Crippen molar-refractivity contribution in [3.05, 3.63) is 29.0 Å². The maximum atomic E-state index is 13.1. The second kappa shape index (κ2) is 3.51. The van der Waals surface area contributed by atoms with E-state index in [0.29, 0.717) is 5.69 Å². The predicted molar refractivity (Wildman–Crippen MR) is 52.3 cm³/mol. The minimum absolute atomic E-state index is 0.0234. The predicted octanol–water partition coefficient (Wildman–Crippen LogP) is 1.54. The second-order valence-electron chi connectivity index (χ2n) is 3.04. The molecule has 0 unspecified atom stereocenters. The zero-order valence-corrected chi connectivity index (χ0v) is 8.21. The van der Waals surface area contributed by atoms with Gasteiger partial charge in [0.2, 0.25) is 5.91 Å². The summed E-state index contributed by atoms with van der Waals surface area (Å²) in [4.78, 5) is 23.3. The van der Waals surface area contributed by atoms with Crippen LogP contribution in [-0.2, 0) is 4.79 Å². The molecule has 1 aromatic carbocycles. The van der Waals surface area contributed by atoms with E-state index in [9.17, 15) is 14.0 Å². The third kappa shape index (κ3) is 1.78. The van der Waals surface area contributed by atoms with Crippen LogP contribution in [0.4, 0.5) is 14.9 Å². The number of hydrogen-bond donors (Lipinski definition) is 1. The highest BCUT2D eigenvalue weighted by Crippen LogP contribution is 2.22. The van der Waals surface area contributed by atoms with E-state index in [-0.39, 0.29) is 11.6 Å². The number of carbonyl (C=O) groups is 2. The molecule has 0 aliphatic carbocycles. The third-order valence-corrected chi connectivity index (χ3v) is 2.31. The molecular weight excluding hydrogens is 223 g/mol. The first-order valence-corrected chi connectivity index (χ1v) is 4.52. The van der Waals surface area contributed by atoms with Crippen molar-refractivity contribution in [1.82, 2.24) is 5.32 Å². The van der Waals surface area contributed by atoms with Gasteiger partial charge in [0, 0.05) is 5.69 Å². The van der Waals surface area contributed by atoms with Crippen LogP contribution < -0.4 is 10.2 Å². The van der Waals surface area contributed by atoms with E-state index in [0.717, 1.165) is 11.0 Å². The highest BCUT2D eigenvalue weighted by atomic mass is 35.5. The first-order valence-electron chi connectivity index (χ1n) is 4.14. The molecule has 1 aliphatic rings. The summed E-state index contributed by atoms with van der Waals surface area (Å²) in [7, 11) is 0. The Morgan fingerprint density at radius 2 is 2.13 bits per heavy atom. The summed E-state index contributed by atoms with van der Waals surface area (Å²) >= 11 is 5.49. The van der Waals surface area contributed by atoms with Crippen molar-refractivity contribution in [3.8, 4) is 0 Å². The van der Waals surface area contributed by atoms with Crippen molar-refractivity contribution in [2.45, 2.75) is 0 Å². The Bertz CT molecular complexity index is 450. The second-order valence-corrected chi connectivity index (χ2v) is 3.45. The SMILES string of the molecule is O=C1CN(c2ccc(Cl)c(F)c2)C(=O)N1. The minimum Gasteiger partial charge on any atom is -0.285 e. The highest BCUT2D eigenvalue weighted by molar-refractivity contribution is 6.30. The van der Waals surface area contributed by atoms with Crippen molar-refractivity contribution >= 4 is 29.2 Å². The van der Waals surface area contributed by atoms with Crippen molar-refractivity contribution < 1.29 is 14.0 Å². The molecule has 1 aromatic rings. The average Bonchev–Trinajstić information content (AvgIpc) is 2.50. The van der Waals surface area contributed by atoms with Gasteiger partial charge in [-0.3, -0.25) is 15.0 Å². The van der Waals surface area contributed by atoms with Crippen molar-refractivity contribution in [1.29, 1.82) is 0 Å². The fraction of sp³-hybridized carbons (Fsp3) is 0.111. The maximum Gasteiger partial charge on any atom is 0.329 e. The number of amides is 3. The molecule has 0 saturated carbocycles. The Hall–Kier alpha value is -1.62. The molecule has 0 spiro atoms. The van der Waals surface area contributed by atoms with Crippen molar-refractivity contribution in [3.63, 3.8) is 0 Å². The van der Waals surface area contributed by atoms with Gasteiger partial charge in [-0.05, 0) is 18.2 Å². The Morgan fingerprint density at radius 3 is 2.67 bits per heavy atom. The molecule has 1 heterocycles. The number of anilines is 1. The van der Waals surface area contributed by atoms with Crippen LogP contribution in [0.25, 0.3) is 0 Å². The molecule has 1 saturated heterocycles. The number of hydrogen-bond acceptors (Lipinski definition) is 2. The smallest absolute Gasteiger partial charge is 0.285 e. The van der Waals surface area contributed by atoms with Gasteiger partial charge in [0.25, 0.3) is 0 Å². The van der Waals surface area contributed by atoms with Gasteiger partial charge in [-0.1, -0.05) is 11.6 Å². The van der Waals surface area contributed by atoms with E-state index in [4.69, 9.17) is 11.6 Å². The van der Waals surface area contributed by atoms with Crippen LogP contribution in [0.3, 0.4) is 0 Å². The molecule has 1 aliphatic heterocycles. The molecule has 4 nitrogen and oxygen atoms in total. The minimum atomic E-state index is -0.624. The van der Waals surface area contributed by atoms with Gasteiger partial charge in [-0.15, -0.1) is 0 Å². The third-order valence-electron chi connectivity index (χ3n) is 2.01. The molecule has 0 aromatic heterocycles. The lowest BCUT2D eigenvalue weighted by Gasteiger charge is -2.13. The molecule has 1 N–H and O–H groups in total. The molecule has 0 atom stereocenters. The topological polar surface area (TPSA) is 49.4 Å². The fourth-order valence-electron chi connectivity index (χ4n) is 1.30. The number of urea groups is 1. The Kier molecular flexibility index (Phi) is 2.32. The molecule has 0 bridgehead atoms. The zero-order chi connectivity index (χ0) is 11.0. The monoisotopic (exact) mass is 228 g/mol. The molecule has 78 valence electrons. The van der Waals surface area contributed by atoms with Gasteiger partial charge in [0.15, 0.2) is 0 Å². The van der Waals surface area contributed by atoms with Gasteiger partial charge in [-0.2, -0.15) is 0 Å². The number of nitrogens with one attached hydrogen (secondary N) is 1. The van der Waals surface area contributed by atoms with Gasteiger partial charge >= 0.3 is 6.03 Å². The fourth-order valence-corrected chi connectivity index (χ4v) is 1.42. The Labute approximate surface area is 89.6 Å². The number of carbonyl (C=O) groups excluding carboxylic acids is 2. The van der Waals surface area contributed by atoms with Gasteiger partial charge in [-0.25, -0.2) is 9.18 Å². The van der Waals surface area contributed by atoms with Gasteiger partial charge in [0.05, 0.1) is 5.02 Å². The van der Waals surface area contributed by atoms with E-state index in [1.165, 1.54) is 12.1 Å². The molecule has 3 amide bonds. The number of rotatable bonds is 1. The lowest BCUT2D eigenvalue weighted by molar-refractivity contribution is -0.117. The molecule has 0 radical (unpaired) electrons. The van der Waals surface area contributed by atoms with Crippen molar-refractivity contribution in [2.24, 2.45) is 0 Å². The Morgan fingerprint density at radius 1 is 1.40 bits per heavy atom. The quantitative estimate of drug-likeness (QED) is 0.742. The largest absolute Gasteiger partial charge is 0.329 e. The van der Waals surface area contributed by atoms with Crippen LogP contribution in [0, 0.1) is 5.82 Å². The first kappa shape index (κ1) is 9.92. The highest BCUT2D eigenvalue weighted by Gasteiger charge is 2.28. The molecule has 6 heteroatoms. The van der Waals surface area contributed by atoms with Crippen LogP contribution in [0.2, 0.25) is 5.02 Å². The maximum absolute atomic E-state index is 13.1. The summed E-state index contributed by atoms with van der Waals surface area (Å²) in [6, 6.07) is 3.37. The summed E-state index contributed by atoms with van der Waals surface area (Å²) in [5.41, 5.74) is 0.306.